The van der Waals surface area contributed by atoms with E-state index in [-0.39, 0.29) is 33.2 Å². The smallest absolute Gasteiger partial charge is 0.296 e. The van der Waals surface area contributed by atoms with Gasteiger partial charge in [-0.25, -0.2) is 10.4 Å². The van der Waals surface area contributed by atoms with E-state index in [1.807, 2.05) is 0 Å². The average Bonchev–Trinajstić information content (AvgIpc) is 2.67. The third-order valence-electron chi connectivity index (χ3n) is 3.48. The van der Waals surface area contributed by atoms with Gasteiger partial charge in [-0.05, 0) is 30.3 Å². The minimum atomic E-state index is -4.48. The minimum absolute atomic E-state index is 0.00673. The van der Waals surface area contributed by atoms with Crippen LogP contribution in [0.3, 0.4) is 0 Å². The van der Waals surface area contributed by atoms with Crippen molar-refractivity contribution in [3.8, 4) is 0 Å². The van der Waals surface area contributed by atoms with Gasteiger partial charge in [0.2, 0.25) is 11.9 Å². The van der Waals surface area contributed by atoms with Gasteiger partial charge in [0.15, 0.2) is 0 Å². The van der Waals surface area contributed by atoms with Crippen LogP contribution in [0, 0.1) is 0 Å². The molecule has 1 heterocycles. The van der Waals surface area contributed by atoms with Crippen molar-refractivity contribution in [2.45, 2.75) is 9.79 Å². The predicted molar refractivity (Wildman–Crippen MR) is 106 cm³/mol. The van der Waals surface area contributed by atoms with Gasteiger partial charge < -0.3 is 5.32 Å². The van der Waals surface area contributed by atoms with Crippen molar-refractivity contribution in [1.82, 2.24) is 20.4 Å². The van der Waals surface area contributed by atoms with Crippen LogP contribution in [0.25, 0.3) is 0 Å². The zero-order chi connectivity index (χ0) is 21.9. The van der Waals surface area contributed by atoms with Crippen molar-refractivity contribution in [3.63, 3.8) is 0 Å². The van der Waals surface area contributed by atoms with Gasteiger partial charge in [-0.3, -0.25) is 9.11 Å². The Kier molecular flexibility index (Phi) is 6.04. The van der Waals surface area contributed by atoms with Crippen LogP contribution in [0.1, 0.15) is 0 Å². The molecule has 12 nitrogen and oxygen atoms in total. The number of nitrogens with one attached hydrogen (secondary N) is 2. The highest BCUT2D eigenvalue weighted by Crippen LogP contribution is 2.27. The summed E-state index contributed by atoms with van der Waals surface area (Å²) in [6, 6.07) is 8.95. The molecule has 0 saturated heterocycles. The van der Waals surface area contributed by atoms with Crippen molar-refractivity contribution in [1.29, 1.82) is 0 Å². The Morgan fingerprint density at radius 1 is 0.933 bits per heavy atom. The van der Waals surface area contributed by atoms with Crippen LogP contribution in [0.2, 0.25) is 5.02 Å². The number of aromatic nitrogens is 3. The molecule has 4 N–H and O–H groups in total. The Bertz CT molecular complexity index is 1300. The fraction of sp³-hybridized carbons (Fsp3) is 0. The molecule has 30 heavy (non-hydrogen) atoms. The van der Waals surface area contributed by atoms with E-state index < -0.39 is 25.1 Å². The number of hydrogen-bond acceptors (Lipinski definition) is 9. The molecule has 1 radical (unpaired) electrons. The maximum atomic E-state index is 11.4. The summed E-state index contributed by atoms with van der Waals surface area (Å²) in [7, 11) is -8.89. The van der Waals surface area contributed by atoms with Gasteiger partial charge in [-0.15, -0.1) is 0 Å². The lowest BCUT2D eigenvalue weighted by Crippen LogP contribution is -2.14. The summed E-state index contributed by atoms with van der Waals surface area (Å²) in [5.41, 5.74) is 6.48. The van der Waals surface area contributed by atoms with E-state index in [4.69, 9.17) is 16.2 Å². The summed E-state index contributed by atoms with van der Waals surface area (Å²) >= 11 is 6.00. The van der Waals surface area contributed by atoms with Crippen LogP contribution in [0.5, 0.6) is 0 Å². The normalized spacial score (nSPS) is 11.7. The number of rotatable bonds is 7. The first-order valence-electron chi connectivity index (χ1n) is 7.80. The van der Waals surface area contributed by atoms with Crippen LogP contribution in [0.15, 0.2) is 58.6 Å². The number of anilines is 3. The van der Waals surface area contributed by atoms with E-state index in [1.54, 1.807) is 0 Å². The Morgan fingerprint density at radius 3 is 2.30 bits per heavy atom. The summed E-state index contributed by atoms with van der Waals surface area (Å²) in [5.74, 6) is -0.0596. The van der Waals surface area contributed by atoms with Crippen LogP contribution in [-0.2, 0) is 20.2 Å². The second-order valence-corrected chi connectivity index (χ2v) is 8.76. The van der Waals surface area contributed by atoms with Crippen LogP contribution in [-0.4, -0.2) is 40.9 Å². The summed E-state index contributed by atoms with van der Waals surface area (Å²) in [6.45, 7) is 0. The molecule has 0 unspecified atom stereocenters. The van der Waals surface area contributed by atoms with E-state index in [0.29, 0.717) is 0 Å². The number of para-hydroxylation sites is 1. The Labute approximate surface area is 175 Å². The molecule has 0 saturated carbocycles. The molecule has 3 aromatic rings. The first kappa shape index (κ1) is 21.7. The van der Waals surface area contributed by atoms with E-state index in [0.717, 1.165) is 18.5 Å². The summed E-state index contributed by atoms with van der Waals surface area (Å²) in [5, 5.41) is 2.72. The van der Waals surface area contributed by atoms with Gasteiger partial charge in [0.25, 0.3) is 20.2 Å². The third kappa shape index (κ3) is 5.31. The Hall–Kier alpha value is -3.04. The summed E-state index contributed by atoms with van der Waals surface area (Å²) < 4.78 is 63.4. The lowest BCUT2D eigenvalue weighted by molar-refractivity contribution is 0.481. The lowest BCUT2D eigenvalue weighted by atomic mass is 10.3. The molecule has 0 aliphatic heterocycles. The average molecular weight is 472 g/mol. The van der Waals surface area contributed by atoms with Gasteiger partial charge >= 0.3 is 0 Å². The molecular formula is C15H12ClN6O6S2. The molecule has 0 fully saturated rings. The zero-order valence-corrected chi connectivity index (χ0v) is 17.0. The highest BCUT2D eigenvalue weighted by molar-refractivity contribution is 7.86. The largest absolute Gasteiger partial charge is 0.323 e. The van der Waals surface area contributed by atoms with Gasteiger partial charge in [-0.1, -0.05) is 23.7 Å². The maximum absolute atomic E-state index is 11.4. The molecule has 0 amide bonds. The molecule has 2 aromatic carbocycles. The number of halogens is 1. The van der Waals surface area contributed by atoms with Crippen LogP contribution < -0.4 is 16.2 Å². The zero-order valence-electron chi connectivity index (χ0n) is 14.6. The first-order valence-corrected chi connectivity index (χ1v) is 11.1. The molecule has 0 bridgehead atoms. The van der Waals surface area contributed by atoms with Crippen LogP contribution in [0.4, 0.5) is 23.3 Å². The molecule has 0 aliphatic rings. The second kappa shape index (κ2) is 8.37. The molecule has 0 aliphatic carbocycles. The van der Waals surface area contributed by atoms with Gasteiger partial charge in [0, 0.05) is 0 Å². The molecule has 0 atom stereocenters. The minimum Gasteiger partial charge on any atom is -0.323 e. The molecule has 15 heteroatoms. The molecule has 0 spiro atoms. The standard InChI is InChI=1S/C15H12ClN6O6S2/c16-10-7-9(29(23,24)25)5-6-11(10)19-14-17-8-18-15(20-14)22-21-12-3-1-2-4-13(12)30(26,27)28/h1-8H,(H,23,24,25)(H,26,27,28)(H2,17,18,19,20,22). The molecule has 3 rings (SSSR count). The van der Waals surface area contributed by atoms with Crippen molar-refractivity contribution < 1.29 is 25.9 Å². The van der Waals surface area contributed by atoms with E-state index in [1.165, 1.54) is 30.3 Å². The first-order chi connectivity index (χ1) is 14.0. The molecule has 1 aromatic heterocycles. The lowest BCUT2D eigenvalue weighted by Gasteiger charge is -2.10. The number of nitrogens with zero attached hydrogens (tertiary/aromatic N) is 4. The maximum Gasteiger partial charge on any atom is 0.296 e. The van der Waals surface area contributed by atoms with Crippen molar-refractivity contribution >= 4 is 55.1 Å². The van der Waals surface area contributed by atoms with Gasteiger partial charge in [0.1, 0.15) is 16.9 Å². The van der Waals surface area contributed by atoms with Gasteiger partial charge in [-0.2, -0.15) is 32.2 Å². The third-order valence-corrected chi connectivity index (χ3v) is 5.54. The number of hydrogen-bond donors (Lipinski definition) is 4. The fourth-order valence-corrected chi connectivity index (χ4v) is 3.59. The van der Waals surface area contributed by atoms with Crippen molar-refractivity contribution in [3.05, 3.63) is 53.8 Å². The second-order valence-electron chi connectivity index (χ2n) is 5.54. The summed E-state index contributed by atoms with van der Waals surface area (Å²) in [6.07, 6.45) is 1.13. The Morgan fingerprint density at radius 2 is 1.63 bits per heavy atom. The monoisotopic (exact) mass is 471 g/mol. The molecule has 157 valence electrons. The topological polar surface area (TPSA) is 186 Å². The van der Waals surface area contributed by atoms with Gasteiger partial charge in [0.05, 0.1) is 15.6 Å². The van der Waals surface area contributed by atoms with Crippen molar-refractivity contribution in [2.24, 2.45) is 0 Å². The SMILES string of the molecule is O=S(=O)(O)c1ccc(Nc2ncnc(N[N]c3ccccc3S(=O)(=O)O)n2)c(Cl)c1. The predicted octanol–water partition coefficient (Wildman–Crippen LogP) is 2.02. The van der Waals surface area contributed by atoms with E-state index in [9.17, 15) is 21.4 Å². The van der Waals surface area contributed by atoms with Crippen LogP contribution >= 0.6 is 11.6 Å². The highest BCUT2D eigenvalue weighted by Gasteiger charge is 2.16. The Balaban J connectivity index is 1.77. The van der Waals surface area contributed by atoms with Crippen molar-refractivity contribution in [2.75, 3.05) is 10.7 Å². The highest BCUT2D eigenvalue weighted by atomic mass is 35.5. The van der Waals surface area contributed by atoms with E-state index in [2.05, 4.69) is 31.1 Å². The summed E-state index contributed by atoms with van der Waals surface area (Å²) in [4.78, 5) is 10.9. The number of benzene rings is 2. The fourth-order valence-electron chi connectivity index (χ4n) is 2.17. The quantitative estimate of drug-likeness (QED) is 0.291. The van der Waals surface area contributed by atoms with E-state index >= 15 is 0 Å². The molecular weight excluding hydrogens is 460 g/mol.